The first-order chi connectivity index (χ1) is 10.6. The molecule has 1 unspecified atom stereocenters. The Bertz CT molecular complexity index is 688. The number of rotatable bonds is 3. The van der Waals surface area contributed by atoms with Crippen LogP contribution in [0.4, 0.5) is 5.82 Å². The summed E-state index contributed by atoms with van der Waals surface area (Å²) in [6.07, 6.45) is 1.92. The van der Waals surface area contributed by atoms with Crippen LogP contribution in [0.15, 0.2) is 12.4 Å². The van der Waals surface area contributed by atoms with Gasteiger partial charge in [-0.25, -0.2) is 14.8 Å². The number of carbonyl (C=O) groups is 1. The summed E-state index contributed by atoms with van der Waals surface area (Å²) in [5.41, 5.74) is 0. The maximum Gasteiger partial charge on any atom is 0.336 e. The molecule has 0 bridgehead atoms. The maximum atomic E-state index is 11.8. The number of carbonyl (C=O) groups excluding carboxylic acids is 1. The van der Waals surface area contributed by atoms with Gasteiger partial charge in [-0.05, 0) is 19.4 Å². The number of anilines is 1. The molecular formula is C15H19N3O3S. The number of hydrogen-bond acceptors (Lipinski definition) is 7. The molecule has 0 N–H and O–H groups in total. The molecule has 2 aromatic rings. The van der Waals surface area contributed by atoms with E-state index in [4.69, 9.17) is 9.47 Å². The van der Waals surface area contributed by atoms with Gasteiger partial charge in [-0.15, -0.1) is 11.3 Å². The van der Waals surface area contributed by atoms with Gasteiger partial charge in [0.05, 0.1) is 25.1 Å². The molecule has 3 rings (SSSR count). The molecule has 0 aliphatic carbocycles. The van der Waals surface area contributed by atoms with E-state index in [1.165, 1.54) is 12.0 Å². The Morgan fingerprint density at radius 2 is 2.32 bits per heavy atom. The van der Waals surface area contributed by atoms with E-state index in [-0.39, 0.29) is 12.1 Å². The van der Waals surface area contributed by atoms with Crippen LogP contribution >= 0.6 is 11.3 Å². The second kappa shape index (κ2) is 6.18. The maximum absolute atomic E-state index is 11.8. The molecule has 0 spiro atoms. The van der Waals surface area contributed by atoms with Crippen LogP contribution in [-0.4, -0.2) is 48.3 Å². The smallest absolute Gasteiger partial charge is 0.336 e. The standard InChI is InChI=1S/C15H19N3O3S/c1-4-10-5-11-13(16-8-17-14(11)22-10)18-6-9(2)21-12(7-18)15(19)20-3/h5,8-9,12H,4,6-7H2,1-3H3/t9-,12?/m1/s1. The number of fused-ring (bicyclic) bond motifs is 1. The van der Waals surface area contributed by atoms with Crippen molar-refractivity contribution in [2.75, 3.05) is 25.1 Å². The van der Waals surface area contributed by atoms with Gasteiger partial charge in [0, 0.05) is 11.4 Å². The first-order valence-electron chi connectivity index (χ1n) is 7.34. The number of aryl methyl sites for hydroxylation is 1. The molecule has 0 aromatic carbocycles. The zero-order valence-corrected chi connectivity index (χ0v) is 13.7. The highest BCUT2D eigenvalue weighted by Crippen LogP contribution is 2.31. The van der Waals surface area contributed by atoms with Crippen molar-refractivity contribution >= 4 is 33.3 Å². The summed E-state index contributed by atoms with van der Waals surface area (Å²) in [5.74, 6) is 0.520. The second-order valence-corrected chi connectivity index (χ2v) is 6.46. The van der Waals surface area contributed by atoms with Crippen LogP contribution in [0, 0.1) is 0 Å². The zero-order chi connectivity index (χ0) is 15.7. The third-order valence-electron chi connectivity index (χ3n) is 3.73. The summed E-state index contributed by atoms with van der Waals surface area (Å²) >= 11 is 1.69. The lowest BCUT2D eigenvalue weighted by atomic mass is 10.2. The van der Waals surface area contributed by atoms with Gasteiger partial charge < -0.3 is 14.4 Å². The summed E-state index contributed by atoms with van der Waals surface area (Å²) in [6.45, 7) is 5.21. The molecule has 6 nitrogen and oxygen atoms in total. The fourth-order valence-corrected chi connectivity index (χ4v) is 3.63. The summed E-state index contributed by atoms with van der Waals surface area (Å²) in [6, 6.07) is 2.14. The summed E-state index contributed by atoms with van der Waals surface area (Å²) in [4.78, 5) is 24.9. The van der Waals surface area contributed by atoms with Gasteiger partial charge in [0.2, 0.25) is 0 Å². The van der Waals surface area contributed by atoms with E-state index >= 15 is 0 Å². The van der Waals surface area contributed by atoms with Crippen LogP contribution in [-0.2, 0) is 20.7 Å². The first kappa shape index (κ1) is 15.2. The van der Waals surface area contributed by atoms with Crippen molar-refractivity contribution in [1.82, 2.24) is 9.97 Å². The van der Waals surface area contributed by atoms with Crippen LogP contribution < -0.4 is 4.90 Å². The molecule has 0 amide bonds. The minimum atomic E-state index is -0.581. The van der Waals surface area contributed by atoms with E-state index < -0.39 is 6.10 Å². The van der Waals surface area contributed by atoms with Crippen LogP contribution in [0.3, 0.4) is 0 Å². The number of esters is 1. The largest absolute Gasteiger partial charge is 0.467 e. The number of nitrogens with zero attached hydrogens (tertiary/aromatic N) is 3. The average Bonchev–Trinajstić information content (AvgIpc) is 2.96. The SMILES string of the molecule is CCc1cc2c(N3CC(C(=O)OC)O[C@H](C)C3)ncnc2s1. The van der Waals surface area contributed by atoms with Crippen LogP contribution in [0.5, 0.6) is 0 Å². The first-order valence-corrected chi connectivity index (χ1v) is 8.15. The number of morpholine rings is 1. The highest BCUT2D eigenvalue weighted by atomic mass is 32.1. The highest BCUT2D eigenvalue weighted by molar-refractivity contribution is 7.18. The Morgan fingerprint density at radius 1 is 1.50 bits per heavy atom. The predicted octanol–water partition coefficient (Wildman–Crippen LogP) is 2.02. The van der Waals surface area contributed by atoms with E-state index in [1.54, 1.807) is 17.7 Å². The lowest BCUT2D eigenvalue weighted by molar-refractivity contribution is -0.158. The molecule has 1 fully saturated rings. The van der Waals surface area contributed by atoms with Gasteiger partial charge in [0.15, 0.2) is 6.10 Å². The molecule has 2 aromatic heterocycles. The van der Waals surface area contributed by atoms with E-state index in [2.05, 4.69) is 27.9 Å². The molecular weight excluding hydrogens is 302 g/mol. The molecule has 0 radical (unpaired) electrons. The molecule has 1 aliphatic rings. The van der Waals surface area contributed by atoms with Gasteiger partial charge in [-0.1, -0.05) is 6.92 Å². The topological polar surface area (TPSA) is 64.6 Å². The van der Waals surface area contributed by atoms with Gasteiger partial charge in [0.1, 0.15) is 17.0 Å². The van der Waals surface area contributed by atoms with E-state index in [9.17, 15) is 4.79 Å². The summed E-state index contributed by atoms with van der Waals surface area (Å²) < 4.78 is 10.5. The third-order valence-corrected chi connectivity index (χ3v) is 4.92. The Morgan fingerprint density at radius 3 is 3.05 bits per heavy atom. The quantitative estimate of drug-likeness (QED) is 0.806. The van der Waals surface area contributed by atoms with Gasteiger partial charge in [0.25, 0.3) is 0 Å². The molecule has 118 valence electrons. The molecule has 2 atom stereocenters. The van der Waals surface area contributed by atoms with Crippen molar-refractivity contribution in [3.63, 3.8) is 0 Å². The van der Waals surface area contributed by atoms with Crippen LogP contribution in [0.1, 0.15) is 18.7 Å². The third kappa shape index (κ3) is 2.78. The fourth-order valence-electron chi connectivity index (χ4n) is 2.71. The van der Waals surface area contributed by atoms with E-state index in [1.807, 2.05) is 6.92 Å². The predicted molar refractivity (Wildman–Crippen MR) is 85.4 cm³/mol. The number of ether oxygens (including phenoxy) is 2. The number of thiophene rings is 1. The number of methoxy groups -OCH3 is 1. The Balaban J connectivity index is 1.95. The van der Waals surface area contributed by atoms with Gasteiger partial charge >= 0.3 is 5.97 Å². The molecule has 3 heterocycles. The Hall–Kier alpha value is -1.73. The van der Waals surface area contributed by atoms with Crippen molar-refractivity contribution in [2.24, 2.45) is 0 Å². The molecule has 0 saturated carbocycles. The van der Waals surface area contributed by atoms with Crippen molar-refractivity contribution < 1.29 is 14.3 Å². The van der Waals surface area contributed by atoms with Crippen molar-refractivity contribution in [3.05, 3.63) is 17.3 Å². The lowest BCUT2D eigenvalue weighted by Gasteiger charge is -2.36. The molecule has 1 saturated heterocycles. The minimum absolute atomic E-state index is 0.0628. The van der Waals surface area contributed by atoms with Crippen LogP contribution in [0.25, 0.3) is 10.2 Å². The fraction of sp³-hybridized carbons (Fsp3) is 0.533. The van der Waals surface area contributed by atoms with E-state index in [0.717, 1.165) is 22.5 Å². The Kier molecular flexibility index (Phi) is 4.26. The monoisotopic (exact) mass is 321 g/mol. The number of hydrogen-bond donors (Lipinski definition) is 0. The minimum Gasteiger partial charge on any atom is -0.467 e. The van der Waals surface area contributed by atoms with Crippen molar-refractivity contribution in [2.45, 2.75) is 32.5 Å². The number of aromatic nitrogens is 2. The molecule has 1 aliphatic heterocycles. The second-order valence-electron chi connectivity index (χ2n) is 5.35. The molecule has 7 heteroatoms. The summed E-state index contributed by atoms with van der Waals surface area (Å²) in [5, 5.41) is 1.04. The summed E-state index contributed by atoms with van der Waals surface area (Å²) in [7, 11) is 1.38. The lowest BCUT2D eigenvalue weighted by Crippen LogP contribution is -2.50. The normalized spacial score (nSPS) is 22.0. The van der Waals surface area contributed by atoms with Gasteiger partial charge in [-0.2, -0.15) is 0 Å². The highest BCUT2D eigenvalue weighted by Gasteiger charge is 2.32. The van der Waals surface area contributed by atoms with Crippen molar-refractivity contribution in [3.8, 4) is 0 Å². The van der Waals surface area contributed by atoms with Crippen molar-refractivity contribution in [1.29, 1.82) is 0 Å². The zero-order valence-electron chi connectivity index (χ0n) is 12.9. The van der Waals surface area contributed by atoms with E-state index in [0.29, 0.717) is 13.1 Å². The van der Waals surface area contributed by atoms with Gasteiger partial charge in [-0.3, -0.25) is 0 Å². The molecule has 22 heavy (non-hydrogen) atoms. The van der Waals surface area contributed by atoms with Crippen LogP contribution in [0.2, 0.25) is 0 Å². The Labute approximate surface area is 133 Å². The average molecular weight is 321 g/mol.